The predicted octanol–water partition coefficient (Wildman–Crippen LogP) is 3.47. The van der Waals surface area contributed by atoms with Gasteiger partial charge in [-0.2, -0.15) is 0 Å². The van der Waals surface area contributed by atoms with Crippen LogP contribution in [-0.2, 0) is 0 Å². The van der Waals surface area contributed by atoms with Gasteiger partial charge < -0.3 is 10.6 Å². The second kappa shape index (κ2) is 6.58. The summed E-state index contributed by atoms with van der Waals surface area (Å²) in [5.41, 5.74) is 0.726. The molecule has 3 nitrogen and oxygen atoms in total. The van der Waals surface area contributed by atoms with E-state index in [-0.39, 0.29) is 5.91 Å². The quantitative estimate of drug-likeness (QED) is 0.889. The van der Waals surface area contributed by atoms with Gasteiger partial charge in [-0.1, -0.05) is 28.1 Å². The molecule has 2 N–H and O–H groups in total. The van der Waals surface area contributed by atoms with E-state index in [0.717, 1.165) is 40.3 Å². The number of nitrogens with one attached hydrogen (secondary N) is 2. The fourth-order valence-electron chi connectivity index (χ4n) is 2.82. The fraction of sp³-hybridized carbons (Fsp3) is 0.353. The molecule has 4 heteroatoms. The van der Waals surface area contributed by atoms with Gasteiger partial charge in [0.15, 0.2) is 0 Å². The molecule has 2 aromatic carbocycles. The molecule has 1 atom stereocenters. The predicted molar refractivity (Wildman–Crippen MR) is 89.6 cm³/mol. The summed E-state index contributed by atoms with van der Waals surface area (Å²) < 4.78 is 1.05. The number of halogens is 1. The first-order valence-electron chi connectivity index (χ1n) is 7.43. The zero-order valence-corrected chi connectivity index (χ0v) is 13.4. The van der Waals surface area contributed by atoms with Crippen molar-refractivity contribution in [2.75, 3.05) is 13.1 Å². The van der Waals surface area contributed by atoms with E-state index in [9.17, 15) is 4.79 Å². The average Bonchev–Trinajstić information content (AvgIpc) is 3.00. The molecular weight excluding hydrogens is 328 g/mol. The number of fused-ring (bicyclic) bond motifs is 1. The molecule has 1 aliphatic heterocycles. The molecule has 0 radical (unpaired) electrons. The number of hydrogen-bond donors (Lipinski definition) is 2. The normalized spacial score (nSPS) is 18.0. The van der Waals surface area contributed by atoms with Crippen molar-refractivity contribution in [3.63, 3.8) is 0 Å². The molecule has 1 saturated heterocycles. The Kier molecular flexibility index (Phi) is 4.56. The molecule has 1 fully saturated rings. The van der Waals surface area contributed by atoms with E-state index in [1.54, 1.807) is 0 Å². The molecule has 0 aliphatic carbocycles. The van der Waals surface area contributed by atoms with Gasteiger partial charge in [0.05, 0.1) is 0 Å². The van der Waals surface area contributed by atoms with Gasteiger partial charge in [0.1, 0.15) is 0 Å². The average molecular weight is 347 g/mol. The van der Waals surface area contributed by atoms with Crippen LogP contribution in [0.25, 0.3) is 10.8 Å². The van der Waals surface area contributed by atoms with Crippen LogP contribution in [0.4, 0.5) is 0 Å². The van der Waals surface area contributed by atoms with Crippen LogP contribution < -0.4 is 10.6 Å². The van der Waals surface area contributed by atoms with Gasteiger partial charge in [-0.25, -0.2) is 0 Å². The lowest BCUT2D eigenvalue weighted by Crippen LogP contribution is -2.30. The smallest absolute Gasteiger partial charge is 0.251 e. The molecule has 0 saturated carbocycles. The zero-order chi connectivity index (χ0) is 14.7. The summed E-state index contributed by atoms with van der Waals surface area (Å²) >= 11 is 3.46. The maximum absolute atomic E-state index is 12.2. The zero-order valence-electron chi connectivity index (χ0n) is 11.9. The van der Waals surface area contributed by atoms with E-state index in [1.165, 1.54) is 12.8 Å². The maximum atomic E-state index is 12.2. The van der Waals surface area contributed by atoms with E-state index in [0.29, 0.717) is 6.04 Å². The van der Waals surface area contributed by atoms with Crippen molar-refractivity contribution in [1.82, 2.24) is 10.6 Å². The van der Waals surface area contributed by atoms with Crippen molar-refractivity contribution in [2.24, 2.45) is 0 Å². The maximum Gasteiger partial charge on any atom is 0.251 e. The molecule has 0 spiro atoms. The molecule has 1 heterocycles. The van der Waals surface area contributed by atoms with Gasteiger partial charge in [-0.05, 0) is 60.8 Å². The third kappa shape index (κ3) is 3.63. The van der Waals surface area contributed by atoms with Gasteiger partial charge in [-0.15, -0.1) is 0 Å². The molecule has 110 valence electrons. The lowest BCUT2D eigenvalue weighted by molar-refractivity contribution is 0.0952. The Hall–Kier alpha value is -1.39. The van der Waals surface area contributed by atoms with Gasteiger partial charge in [-0.3, -0.25) is 4.79 Å². The monoisotopic (exact) mass is 346 g/mol. The highest BCUT2D eigenvalue weighted by Gasteiger charge is 2.14. The number of carbonyl (C=O) groups is 1. The number of hydrogen-bond acceptors (Lipinski definition) is 2. The first-order valence-corrected chi connectivity index (χ1v) is 8.22. The van der Waals surface area contributed by atoms with Crippen molar-refractivity contribution in [2.45, 2.75) is 25.3 Å². The van der Waals surface area contributed by atoms with E-state index in [1.807, 2.05) is 30.3 Å². The molecule has 2 aromatic rings. The van der Waals surface area contributed by atoms with Gasteiger partial charge in [0.25, 0.3) is 5.91 Å². The molecule has 3 rings (SSSR count). The standard InChI is InChI=1S/C17H19BrN2O/c18-15-6-5-12-10-14(4-3-13(12)11-15)17(21)20-9-7-16-2-1-8-19-16/h3-6,10-11,16,19H,1-2,7-9H2,(H,20,21)/t16-/m0/s1. The number of rotatable bonds is 4. The van der Waals surface area contributed by atoms with Crippen LogP contribution in [0.2, 0.25) is 0 Å². The molecule has 21 heavy (non-hydrogen) atoms. The summed E-state index contributed by atoms with van der Waals surface area (Å²) in [6, 6.07) is 12.5. The number of carbonyl (C=O) groups excluding carboxylic acids is 1. The Morgan fingerprint density at radius 2 is 2.05 bits per heavy atom. The molecular formula is C17H19BrN2O. The van der Waals surface area contributed by atoms with E-state index >= 15 is 0 Å². The third-order valence-electron chi connectivity index (χ3n) is 4.01. The highest BCUT2D eigenvalue weighted by molar-refractivity contribution is 9.10. The van der Waals surface area contributed by atoms with Crippen LogP contribution in [0.3, 0.4) is 0 Å². The number of amides is 1. The van der Waals surface area contributed by atoms with E-state index in [2.05, 4.69) is 32.6 Å². The Balaban J connectivity index is 1.62. The van der Waals surface area contributed by atoms with Crippen LogP contribution >= 0.6 is 15.9 Å². The summed E-state index contributed by atoms with van der Waals surface area (Å²) in [5, 5.41) is 8.68. The first kappa shape index (κ1) is 14.5. The van der Waals surface area contributed by atoms with E-state index < -0.39 is 0 Å². The summed E-state index contributed by atoms with van der Waals surface area (Å²) in [7, 11) is 0. The summed E-state index contributed by atoms with van der Waals surface area (Å²) in [5.74, 6) is 0.0119. The topological polar surface area (TPSA) is 41.1 Å². The molecule has 1 aliphatic rings. The van der Waals surface area contributed by atoms with E-state index in [4.69, 9.17) is 0 Å². The summed E-state index contributed by atoms with van der Waals surface area (Å²) in [6.07, 6.45) is 3.48. The highest BCUT2D eigenvalue weighted by atomic mass is 79.9. The van der Waals surface area contributed by atoms with Crippen molar-refractivity contribution in [1.29, 1.82) is 0 Å². The van der Waals surface area contributed by atoms with Crippen LogP contribution in [0, 0.1) is 0 Å². The van der Waals surface area contributed by atoms with Gasteiger partial charge in [0, 0.05) is 22.6 Å². The highest BCUT2D eigenvalue weighted by Crippen LogP contribution is 2.21. The first-order chi connectivity index (χ1) is 10.2. The minimum absolute atomic E-state index is 0.0119. The Labute approximate surface area is 133 Å². The Morgan fingerprint density at radius 3 is 2.86 bits per heavy atom. The second-order valence-corrected chi connectivity index (χ2v) is 6.46. The third-order valence-corrected chi connectivity index (χ3v) is 4.50. The molecule has 1 amide bonds. The Bertz CT molecular complexity index is 650. The van der Waals surface area contributed by atoms with Gasteiger partial charge >= 0.3 is 0 Å². The van der Waals surface area contributed by atoms with Crippen molar-refractivity contribution in [3.8, 4) is 0 Å². The molecule has 0 unspecified atom stereocenters. The molecule has 0 bridgehead atoms. The lowest BCUT2D eigenvalue weighted by atomic mass is 10.1. The van der Waals surface area contributed by atoms with Crippen molar-refractivity contribution < 1.29 is 4.79 Å². The van der Waals surface area contributed by atoms with Crippen molar-refractivity contribution >= 4 is 32.6 Å². The van der Waals surface area contributed by atoms with Crippen molar-refractivity contribution in [3.05, 3.63) is 46.4 Å². The van der Waals surface area contributed by atoms with Gasteiger partial charge in [0.2, 0.25) is 0 Å². The largest absolute Gasteiger partial charge is 0.352 e. The summed E-state index contributed by atoms with van der Waals surface area (Å²) in [6.45, 7) is 1.84. The number of benzene rings is 2. The second-order valence-electron chi connectivity index (χ2n) is 5.54. The summed E-state index contributed by atoms with van der Waals surface area (Å²) in [4.78, 5) is 12.2. The Morgan fingerprint density at radius 1 is 1.24 bits per heavy atom. The van der Waals surface area contributed by atoms with Crippen LogP contribution in [0.5, 0.6) is 0 Å². The fourth-order valence-corrected chi connectivity index (χ4v) is 3.20. The molecule has 0 aromatic heterocycles. The minimum Gasteiger partial charge on any atom is -0.352 e. The van der Waals surface area contributed by atoms with Crippen LogP contribution in [0.1, 0.15) is 29.6 Å². The van der Waals surface area contributed by atoms with Crippen LogP contribution in [-0.4, -0.2) is 25.0 Å². The minimum atomic E-state index is 0.0119. The SMILES string of the molecule is O=C(NCC[C@@H]1CCCN1)c1ccc2cc(Br)ccc2c1. The lowest BCUT2D eigenvalue weighted by Gasteiger charge is -2.11. The van der Waals surface area contributed by atoms with Crippen LogP contribution in [0.15, 0.2) is 40.9 Å².